The summed E-state index contributed by atoms with van der Waals surface area (Å²) < 4.78 is 11.6. The highest BCUT2D eigenvalue weighted by Crippen LogP contribution is 2.50. The number of nitrogens with zero attached hydrogens (tertiary/aromatic N) is 2. The molecule has 3 heterocycles. The van der Waals surface area contributed by atoms with Gasteiger partial charge in [0.1, 0.15) is 6.54 Å². The lowest BCUT2D eigenvalue weighted by atomic mass is 9.76. The Bertz CT molecular complexity index is 1340. The highest BCUT2D eigenvalue weighted by atomic mass is 16.5. The number of carbonyl (C=O) groups excluding carboxylic acids is 2. The standard InChI is InChI=1S/C28H31N3O4/c1-16(2)35-22-12-9-17(13-23(22)34-4)20-14-31-24(32)15-30(18-10-11-18)27(33)28(31,3)26-25(20)19-7-5-6-8-21(19)29-26/h5-9,12-13,16,18,20,29H,10-11,14-15H2,1-4H3/t20-,28-/m0/s1. The van der Waals surface area contributed by atoms with Crippen LogP contribution in [0.2, 0.25) is 0 Å². The number of piperazine rings is 1. The summed E-state index contributed by atoms with van der Waals surface area (Å²) in [5.74, 6) is 1.26. The van der Waals surface area contributed by atoms with E-state index in [4.69, 9.17) is 9.47 Å². The predicted octanol–water partition coefficient (Wildman–Crippen LogP) is 4.16. The molecule has 1 saturated carbocycles. The summed E-state index contributed by atoms with van der Waals surface area (Å²) in [4.78, 5) is 34.6. The van der Waals surface area contributed by atoms with Crippen molar-refractivity contribution in [3.63, 3.8) is 0 Å². The molecule has 3 aliphatic rings. The number of amides is 2. The molecule has 1 N–H and O–H groups in total. The fourth-order valence-corrected chi connectivity index (χ4v) is 5.86. The zero-order chi connectivity index (χ0) is 24.5. The van der Waals surface area contributed by atoms with Gasteiger partial charge in [-0.15, -0.1) is 0 Å². The first kappa shape index (κ1) is 22.0. The minimum absolute atomic E-state index is 0.0000300. The van der Waals surface area contributed by atoms with E-state index < -0.39 is 5.54 Å². The highest BCUT2D eigenvalue weighted by Gasteiger charge is 2.58. The molecule has 1 saturated heterocycles. The van der Waals surface area contributed by atoms with Gasteiger partial charge in [0.2, 0.25) is 5.91 Å². The fourth-order valence-electron chi connectivity index (χ4n) is 5.86. The molecule has 7 nitrogen and oxygen atoms in total. The molecule has 35 heavy (non-hydrogen) atoms. The van der Waals surface area contributed by atoms with Crippen LogP contribution in [0, 0.1) is 0 Å². The van der Waals surface area contributed by atoms with E-state index in [2.05, 4.69) is 11.1 Å². The minimum Gasteiger partial charge on any atom is -0.493 e. The number of benzene rings is 2. The van der Waals surface area contributed by atoms with Gasteiger partial charge in [0.25, 0.3) is 5.91 Å². The first-order valence-electron chi connectivity index (χ1n) is 12.4. The van der Waals surface area contributed by atoms with Gasteiger partial charge in [-0.25, -0.2) is 0 Å². The first-order chi connectivity index (χ1) is 16.8. The molecule has 0 spiro atoms. The zero-order valence-electron chi connectivity index (χ0n) is 20.6. The molecular weight excluding hydrogens is 442 g/mol. The first-order valence-corrected chi connectivity index (χ1v) is 12.4. The second-order valence-electron chi connectivity index (χ2n) is 10.3. The molecule has 1 aliphatic carbocycles. The van der Waals surface area contributed by atoms with Gasteiger partial charge >= 0.3 is 0 Å². The molecule has 1 aromatic heterocycles. The van der Waals surface area contributed by atoms with Crippen molar-refractivity contribution in [1.82, 2.24) is 14.8 Å². The molecule has 7 heteroatoms. The number of fused-ring (bicyclic) bond motifs is 5. The second kappa shape index (κ2) is 7.77. The van der Waals surface area contributed by atoms with Crippen LogP contribution in [0.3, 0.4) is 0 Å². The van der Waals surface area contributed by atoms with Crippen LogP contribution in [0.1, 0.15) is 56.4 Å². The summed E-state index contributed by atoms with van der Waals surface area (Å²) in [7, 11) is 1.64. The van der Waals surface area contributed by atoms with E-state index in [1.807, 2.05) is 57.2 Å². The van der Waals surface area contributed by atoms with Crippen molar-refractivity contribution in [2.24, 2.45) is 0 Å². The van der Waals surface area contributed by atoms with E-state index in [9.17, 15) is 9.59 Å². The smallest absolute Gasteiger partial charge is 0.255 e. The van der Waals surface area contributed by atoms with Crippen molar-refractivity contribution in [3.05, 3.63) is 59.3 Å². The van der Waals surface area contributed by atoms with E-state index in [-0.39, 0.29) is 36.4 Å². The fraction of sp³-hybridized carbons (Fsp3) is 0.429. The van der Waals surface area contributed by atoms with Crippen molar-refractivity contribution in [2.75, 3.05) is 20.2 Å². The Kier molecular flexibility index (Phi) is 4.88. The van der Waals surface area contributed by atoms with Gasteiger partial charge in [-0.1, -0.05) is 24.3 Å². The average molecular weight is 474 g/mol. The third-order valence-electron chi connectivity index (χ3n) is 7.71. The second-order valence-corrected chi connectivity index (χ2v) is 10.3. The summed E-state index contributed by atoms with van der Waals surface area (Å²) in [6.45, 7) is 6.47. The van der Waals surface area contributed by atoms with E-state index in [1.165, 1.54) is 0 Å². The summed E-state index contributed by atoms with van der Waals surface area (Å²) in [5, 5.41) is 1.08. The number of hydrogen-bond donors (Lipinski definition) is 1. The number of H-pyrrole nitrogens is 1. The summed E-state index contributed by atoms with van der Waals surface area (Å²) in [6, 6.07) is 14.3. The number of rotatable bonds is 5. The molecule has 2 atom stereocenters. The third-order valence-corrected chi connectivity index (χ3v) is 7.71. The molecule has 0 bridgehead atoms. The molecule has 2 aromatic carbocycles. The maximum atomic E-state index is 13.9. The Morgan fingerprint density at radius 1 is 1.09 bits per heavy atom. The maximum absolute atomic E-state index is 13.9. The SMILES string of the molecule is COc1cc([C@@H]2CN3C(=O)CN(C4CC4)C(=O)[C@]3(C)c3[nH]c4ccccc4c32)ccc1OC(C)C. The summed E-state index contributed by atoms with van der Waals surface area (Å²) in [6.07, 6.45) is 1.97. The Morgan fingerprint density at radius 3 is 2.57 bits per heavy atom. The Morgan fingerprint density at radius 2 is 1.86 bits per heavy atom. The van der Waals surface area contributed by atoms with Crippen LogP contribution in [0.25, 0.3) is 10.9 Å². The highest BCUT2D eigenvalue weighted by molar-refractivity contribution is 6.01. The lowest BCUT2D eigenvalue weighted by Crippen LogP contribution is -2.67. The third kappa shape index (κ3) is 3.24. The van der Waals surface area contributed by atoms with Crippen LogP contribution in [0.5, 0.6) is 11.5 Å². The van der Waals surface area contributed by atoms with Crippen molar-refractivity contribution < 1.29 is 19.1 Å². The van der Waals surface area contributed by atoms with Crippen LogP contribution >= 0.6 is 0 Å². The van der Waals surface area contributed by atoms with Gasteiger partial charge in [0.05, 0.1) is 18.9 Å². The largest absolute Gasteiger partial charge is 0.493 e. The number of nitrogens with one attached hydrogen (secondary N) is 1. The van der Waals surface area contributed by atoms with E-state index in [0.29, 0.717) is 18.0 Å². The summed E-state index contributed by atoms with van der Waals surface area (Å²) in [5.41, 5.74) is 2.85. The van der Waals surface area contributed by atoms with Gasteiger partial charge in [-0.2, -0.15) is 0 Å². The monoisotopic (exact) mass is 473 g/mol. The quantitative estimate of drug-likeness (QED) is 0.604. The van der Waals surface area contributed by atoms with E-state index >= 15 is 0 Å². The van der Waals surface area contributed by atoms with Gasteiger partial charge in [-0.3, -0.25) is 9.59 Å². The van der Waals surface area contributed by atoms with Gasteiger partial charge in [-0.05, 0) is 62.9 Å². The van der Waals surface area contributed by atoms with Crippen LogP contribution in [0.15, 0.2) is 42.5 Å². The predicted molar refractivity (Wildman–Crippen MR) is 133 cm³/mol. The molecule has 2 aliphatic heterocycles. The Labute approximate surface area is 205 Å². The van der Waals surface area contributed by atoms with E-state index in [1.54, 1.807) is 16.9 Å². The Hall–Kier alpha value is -3.48. The van der Waals surface area contributed by atoms with Crippen molar-refractivity contribution in [3.8, 4) is 11.5 Å². The molecule has 6 rings (SSSR count). The molecule has 182 valence electrons. The summed E-state index contributed by atoms with van der Waals surface area (Å²) >= 11 is 0. The van der Waals surface area contributed by atoms with Crippen LogP contribution in [0.4, 0.5) is 0 Å². The van der Waals surface area contributed by atoms with Crippen molar-refractivity contribution in [1.29, 1.82) is 0 Å². The van der Waals surface area contributed by atoms with Crippen LogP contribution in [-0.2, 0) is 15.1 Å². The topological polar surface area (TPSA) is 74.9 Å². The molecule has 0 radical (unpaired) electrons. The average Bonchev–Trinajstić information content (AvgIpc) is 3.61. The van der Waals surface area contributed by atoms with Gasteiger partial charge in [0, 0.05) is 29.4 Å². The number of ether oxygens (including phenoxy) is 2. The maximum Gasteiger partial charge on any atom is 0.255 e. The van der Waals surface area contributed by atoms with Gasteiger partial charge < -0.3 is 24.3 Å². The number of methoxy groups -OCH3 is 1. The zero-order valence-corrected chi connectivity index (χ0v) is 20.6. The van der Waals surface area contributed by atoms with Crippen molar-refractivity contribution in [2.45, 2.75) is 57.2 Å². The van der Waals surface area contributed by atoms with E-state index in [0.717, 1.165) is 40.6 Å². The number of carbonyl (C=O) groups is 2. The van der Waals surface area contributed by atoms with Crippen LogP contribution in [-0.4, -0.2) is 58.9 Å². The minimum atomic E-state index is -1.05. The molecular formula is C28H31N3O4. The number of aromatic nitrogens is 1. The number of para-hydroxylation sites is 1. The van der Waals surface area contributed by atoms with Crippen LogP contribution < -0.4 is 9.47 Å². The molecule has 2 amide bonds. The number of aromatic amines is 1. The van der Waals surface area contributed by atoms with Gasteiger partial charge in [0.15, 0.2) is 17.0 Å². The Balaban J connectivity index is 1.53. The lowest BCUT2D eigenvalue weighted by molar-refractivity contribution is -0.166. The van der Waals surface area contributed by atoms with Crippen molar-refractivity contribution >= 4 is 22.7 Å². The molecule has 3 aromatic rings. The number of hydrogen-bond acceptors (Lipinski definition) is 4. The lowest BCUT2D eigenvalue weighted by Gasteiger charge is -2.51. The normalized spacial score (nSPS) is 24.1. The molecule has 2 fully saturated rings. The molecule has 0 unspecified atom stereocenters.